The third-order valence-electron chi connectivity index (χ3n) is 1.50. The van der Waals surface area contributed by atoms with Gasteiger partial charge in [0.1, 0.15) is 6.07 Å². The van der Waals surface area contributed by atoms with Gasteiger partial charge in [-0.1, -0.05) is 12.1 Å². The molecule has 0 aliphatic carbocycles. The number of hydrogen-bond donors (Lipinski definition) is 1. The van der Waals surface area contributed by atoms with Gasteiger partial charge in [-0.3, -0.25) is 0 Å². The van der Waals surface area contributed by atoms with Gasteiger partial charge in [0.2, 0.25) is 5.82 Å². The predicted molar refractivity (Wildman–Crippen MR) is 46.6 cm³/mol. The van der Waals surface area contributed by atoms with Gasteiger partial charge >= 0.3 is 0 Å². The number of nitriles is 1. The number of aromatic amines is 1. The van der Waals surface area contributed by atoms with E-state index in [1.165, 1.54) is 0 Å². The first-order valence-corrected chi connectivity index (χ1v) is 3.25. The topological polar surface area (TPSA) is 52.5 Å². The molecule has 0 aliphatic heterocycles. The van der Waals surface area contributed by atoms with Gasteiger partial charge in [0.05, 0.1) is 11.0 Å². The molecule has 2 aromatic rings. The van der Waals surface area contributed by atoms with E-state index in [4.69, 9.17) is 5.26 Å². The normalized spacial score (nSPS) is 8.92. The van der Waals surface area contributed by atoms with Crippen LogP contribution in [0.5, 0.6) is 0 Å². The van der Waals surface area contributed by atoms with Crippen LogP contribution in [0.1, 0.15) is 5.82 Å². The molecule has 1 heterocycles. The largest absolute Gasteiger partial charge is 0.329 e. The standard InChI is InChI=1S/C8H5N3.Li/c9-5-8-10-6-3-1-2-4-7(6)11-8;/h1-4H,(H,10,11);. The summed E-state index contributed by atoms with van der Waals surface area (Å²) in [7, 11) is 0. The number of fused-ring (bicyclic) bond motifs is 1. The number of hydrogen-bond acceptors (Lipinski definition) is 2. The Morgan fingerprint density at radius 1 is 1.33 bits per heavy atom. The summed E-state index contributed by atoms with van der Waals surface area (Å²) in [4.78, 5) is 6.89. The van der Waals surface area contributed by atoms with Gasteiger partial charge in [-0.2, -0.15) is 5.26 Å². The second kappa shape index (κ2) is 3.45. The van der Waals surface area contributed by atoms with E-state index in [0.717, 1.165) is 11.0 Å². The molecule has 2 rings (SSSR count). The number of benzene rings is 1. The van der Waals surface area contributed by atoms with Crippen molar-refractivity contribution in [3.05, 3.63) is 30.1 Å². The molecule has 1 N–H and O–H groups in total. The van der Waals surface area contributed by atoms with Gasteiger partial charge in [-0.15, -0.1) is 0 Å². The summed E-state index contributed by atoms with van der Waals surface area (Å²) in [5, 5.41) is 8.49. The van der Waals surface area contributed by atoms with Crippen LogP contribution in [0.15, 0.2) is 24.3 Å². The SMILES string of the molecule is N#Cc1nc2ccccc2[nH]1.[Li]. The molecule has 0 atom stereocenters. The molecule has 1 aromatic carbocycles. The monoisotopic (exact) mass is 150 g/mol. The maximum atomic E-state index is 8.49. The minimum Gasteiger partial charge on any atom is -0.329 e. The minimum atomic E-state index is 0. The summed E-state index contributed by atoms with van der Waals surface area (Å²) in [6, 6.07) is 9.51. The van der Waals surface area contributed by atoms with Crippen molar-refractivity contribution in [2.24, 2.45) is 0 Å². The van der Waals surface area contributed by atoms with Crippen LogP contribution >= 0.6 is 0 Å². The summed E-state index contributed by atoms with van der Waals surface area (Å²) in [5.74, 6) is 0.367. The third-order valence-corrected chi connectivity index (χ3v) is 1.50. The summed E-state index contributed by atoms with van der Waals surface area (Å²) in [6.45, 7) is 0. The maximum absolute atomic E-state index is 8.49. The molecule has 4 heteroatoms. The zero-order valence-corrected chi connectivity index (χ0v) is 6.70. The summed E-state index contributed by atoms with van der Waals surface area (Å²) in [6.07, 6.45) is 0. The molecular formula is C8H5LiN3. The van der Waals surface area contributed by atoms with Crippen molar-refractivity contribution in [2.75, 3.05) is 0 Å². The number of rotatable bonds is 0. The van der Waals surface area contributed by atoms with Gasteiger partial charge in [-0.05, 0) is 12.1 Å². The summed E-state index contributed by atoms with van der Waals surface area (Å²) in [5.41, 5.74) is 1.74. The Labute approximate surface area is 81.6 Å². The first-order chi connectivity index (χ1) is 5.40. The van der Waals surface area contributed by atoms with Crippen LogP contribution in [-0.2, 0) is 0 Å². The fourth-order valence-electron chi connectivity index (χ4n) is 1.01. The zero-order chi connectivity index (χ0) is 7.68. The molecule has 0 fully saturated rings. The first-order valence-electron chi connectivity index (χ1n) is 3.25. The molecule has 0 bridgehead atoms. The third kappa shape index (κ3) is 1.36. The van der Waals surface area contributed by atoms with E-state index >= 15 is 0 Å². The number of nitrogens with one attached hydrogen (secondary N) is 1. The Kier molecular flexibility index (Phi) is 2.55. The molecule has 1 radical (unpaired) electrons. The number of H-pyrrole nitrogens is 1. The van der Waals surface area contributed by atoms with E-state index in [1.54, 1.807) is 0 Å². The molecule has 1 aromatic heterocycles. The van der Waals surface area contributed by atoms with E-state index in [1.807, 2.05) is 30.3 Å². The van der Waals surface area contributed by atoms with E-state index < -0.39 is 0 Å². The summed E-state index contributed by atoms with van der Waals surface area (Å²) >= 11 is 0. The molecule has 0 spiro atoms. The van der Waals surface area contributed by atoms with Crippen molar-refractivity contribution in [3.63, 3.8) is 0 Å². The van der Waals surface area contributed by atoms with Crippen LogP contribution in [0.3, 0.4) is 0 Å². The Morgan fingerprint density at radius 3 is 2.75 bits per heavy atom. The minimum absolute atomic E-state index is 0. The Hall–Kier alpha value is -1.22. The van der Waals surface area contributed by atoms with Crippen molar-refractivity contribution in [1.82, 2.24) is 9.97 Å². The van der Waals surface area contributed by atoms with Crippen LogP contribution in [0.4, 0.5) is 0 Å². The van der Waals surface area contributed by atoms with Crippen molar-refractivity contribution in [1.29, 1.82) is 5.26 Å². The molecule has 0 aliphatic rings. The molecule has 0 saturated heterocycles. The molecular weight excluding hydrogens is 145 g/mol. The van der Waals surface area contributed by atoms with Gasteiger partial charge in [0.25, 0.3) is 0 Å². The van der Waals surface area contributed by atoms with Crippen molar-refractivity contribution >= 4 is 29.9 Å². The predicted octanol–water partition coefficient (Wildman–Crippen LogP) is 1.05. The molecule has 53 valence electrons. The molecule has 12 heavy (non-hydrogen) atoms. The fraction of sp³-hybridized carbons (Fsp3) is 0. The molecule has 0 unspecified atom stereocenters. The Bertz CT molecular complexity index is 394. The number of para-hydroxylation sites is 2. The second-order valence-electron chi connectivity index (χ2n) is 2.21. The van der Waals surface area contributed by atoms with E-state index in [9.17, 15) is 0 Å². The van der Waals surface area contributed by atoms with Gasteiger partial charge in [0, 0.05) is 18.9 Å². The Morgan fingerprint density at radius 2 is 2.08 bits per heavy atom. The average Bonchev–Trinajstić information content (AvgIpc) is 2.46. The van der Waals surface area contributed by atoms with Crippen LogP contribution in [0, 0.1) is 11.3 Å². The van der Waals surface area contributed by atoms with Gasteiger partial charge in [0.15, 0.2) is 0 Å². The van der Waals surface area contributed by atoms with Crippen molar-refractivity contribution in [2.45, 2.75) is 0 Å². The maximum Gasteiger partial charge on any atom is 0.211 e. The zero-order valence-electron chi connectivity index (χ0n) is 6.70. The van der Waals surface area contributed by atoms with Crippen molar-refractivity contribution in [3.8, 4) is 6.07 Å². The first kappa shape index (κ1) is 8.87. The molecule has 3 nitrogen and oxygen atoms in total. The Balaban J connectivity index is 0.000000720. The van der Waals surface area contributed by atoms with E-state index in [0.29, 0.717) is 5.82 Å². The van der Waals surface area contributed by atoms with Crippen LogP contribution in [-0.4, -0.2) is 28.8 Å². The molecule has 0 amide bonds. The quantitative estimate of drug-likeness (QED) is 0.570. The van der Waals surface area contributed by atoms with Crippen LogP contribution in [0.25, 0.3) is 11.0 Å². The van der Waals surface area contributed by atoms with Gasteiger partial charge < -0.3 is 4.98 Å². The van der Waals surface area contributed by atoms with Crippen LogP contribution < -0.4 is 0 Å². The fourth-order valence-corrected chi connectivity index (χ4v) is 1.01. The second-order valence-corrected chi connectivity index (χ2v) is 2.21. The number of aromatic nitrogens is 2. The average molecular weight is 150 g/mol. The van der Waals surface area contributed by atoms with Crippen LogP contribution in [0.2, 0.25) is 0 Å². The number of imidazole rings is 1. The molecule has 0 saturated carbocycles. The smallest absolute Gasteiger partial charge is 0.211 e. The summed E-state index contributed by atoms with van der Waals surface area (Å²) < 4.78 is 0. The van der Waals surface area contributed by atoms with E-state index in [2.05, 4.69) is 9.97 Å². The van der Waals surface area contributed by atoms with Crippen molar-refractivity contribution < 1.29 is 0 Å². The number of nitrogens with zero attached hydrogens (tertiary/aromatic N) is 2. The van der Waals surface area contributed by atoms with E-state index in [-0.39, 0.29) is 18.9 Å². The van der Waals surface area contributed by atoms with Gasteiger partial charge in [-0.25, -0.2) is 4.98 Å².